The van der Waals surface area contributed by atoms with E-state index in [2.05, 4.69) is 17.4 Å². The number of ether oxygens (including phenoxy) is 2. The van der Waals surface area contributed by atoms with Gasteiger partial charge in [0.25, 0.3) is 5.91 Å². The van der Waals surface area contributed by atoms with E-state index in [0.29, 0.717) is 22.7 Å². The number of benzene rings is 1. The van der Waals surface area contributed by atoms with Gasteiger partial charge in [-0.05, 0) is 13.1 Å². The number of hydrazine groups is 1. The predicted molar refractivity (Wildman–Crippen MR) is 80.5 cm³/mol. The third-order valence-corrected chi connectivity index (χ3v) is 3.58. The van der Waals surface area contributed by atoms with E-state index in [1.54, 1.807) is 12.1 Å². The van der Waals surface area contributed by atoms with Crippen molar-refractivity contribution in [3.8, 4) is 11.5 Å². The summed E-state index contributed by atoms with van der Waals surface area (Å²) in [4.78, 5) is 14.6. The number of methoxy groups -OCH3 is 2. The Morgan fingerprint density at radius 1 is 1.19 bits per heavy atom. The minimum atomic E-state index is -0.255. The second-order valence-electron chi connectivity index (χ2n) is 5.02. The second kappa shape index (κ2) is 6.64. The number of nitrogens with two attached hydrogens (primary N) is 1. The number of carbonyl (C=O) groups excluding carboxylic acids is 1. The van der Waals surface area contributed by atoms with Crippen LogP contribution in [0.1, 0.15) is 10.4 Å². The quantitative estimate of drug-likeness (QED) is 0.771. The molecular weight excluding hydrogens is 272 g/mol. The summed E-state index contributed by atoms with van der Waals surface area (Å²) in [6, 6.07) is 3.27. The molecule has 7 heteroatoms. The lowest BCUT2D eigenvalue weighted by molar-refractivity contribution is 0.0663. The van der Waals surface area contributed by atoms with E-state index in [0.717, 1.165) is 26.2 Å². The van der Waals surface area contributed by atoms with Gasteiger partial charge in [0.1, 0.15) is 11.5 Å². The van der Waals surface area contributed by atoms with E-state index in [1.165, 1.54) is 14.2 Å². The van der Waals surface area contributed by atoms with Crippen molar-refractivity contribution < 1.29 is 14.3 Å². The number of hydrogen-bond donors (Lipinski definition) is 2. The molecule has 116 valence electrons. The lowest BCUT2D eigenvalue weighted by Crippen LogP contribution is -2.52. The molecule has 0 bridgehead atoms. The fourth-order valence-electron chi connectivity index (χ4n) is 2.20. The van der Waals surface area contributed by atoms with E-state index in [4.69, 9.17) is 15.2 Å². The van der Waals surface area contributed by atoms with Crippen LogP contribution < -0.4 is 20.6 Å². The van der Waals surface area contributed by atoms with Crippen LogP contribution in [0.25, 0.3) is 0 Å². The molecule has 0 aromatic heterocycles. The molecular formula is C14H22N4O3. The maximum absolute atomic E-state index is 12.4. The topological polar surface area (TPSA) is 80.1 Å². The molecule has 1 aromatic carbocycles. The highest BCUT2D eigenvalue weighted by atomic mass is 16.5. The van der Waals surface area contributed by atoms with Crippen LogP contribution in [-0.4, -0.2) is 63.3 Å². The van der Waals surface area contributed by atoms with Gasteiger partial charge in [-0.15, -0.1) is 0 Å². The number of nitrogen functional groups attached to an aromatic ring is 1. The number of nitrogens with one attached hydrogen (secondary N) is 1. The normalized spacial score (nSPS) is 16.5. The molecule has 2 rings (SSSR count). The molecule has 21 heavy (non-hydrogen) atoms. The molecule has 0 aliphatic carbocycles. The second-order valence-corrected chi connectivity index (χ2v) is 5.02. The Morgan fingerprint density at radius 2 is 1.86 bits per heavy atom. The third kappa shape index (κ3) is 3.56. The number of carbonyl (C=O) groups is 1. The fraction of sp³-hybridized carbons (Fsp3) is 0.500. The summed E-state index contributed by atoms with van der Waals surface area (Å²) in [5.74, 6) is 0.705. The molecule has 1 saturated heterocycles. The van der Waals surface area contributed by atoms with Crippen molar-refractivity contribution in [2.75, 3.05) is 53.2 Å². The van der Waals surface area contributed by atoms with Gasteiger partial charge in [-0.2, -0.15) is 0 Å². The van der Waals surface area contributed by atoms with Crippen molar-refractivity contribution in [1.82, 2.24) is 15.3 Å². The summed E-state index contributed by atoms with van der Waals surface area (Å²) in [6.45, 7) is 3.39. The van der Waals surface area contributed by atoms with E-state index in [-0.39, 0.29) is 5.91 Å². The molecule has 7 nitrogen and oxygen atoms in total. The average Bonchev–Trinajstić information content (AvgIpc) is 2.49. The van der Waals surface area contributed by atoms with Gasteiger partial charge in [0, 0.05) is 32.2 Å². The average molecular weight is 294 g/mol. The fourth-order valence-corrected chi connectivity index (χ4v) is 2.20. The van der Waals surface area contributed by atoms with Crippen LogP contribution in [0.4, 0.5) is 5.69 Å². The Balaban J connectivity index is 2.14. The molecule has 1 fully saturated rings. The van der Waals surface area contributed by atoms with Gasteiger partial charge in [0.2, 0.25) is 0 Å². The van der Waals surface area contributed by atoms with Crippen LogP contribution >= 0.6 is 0 Å². The Bertz CT molecular complexity index is 513. The molecule has 1 aliphatic heterocycles. The largest absolute Gasteiger partial charge is 0.497 e. The van der Waals surface area contributed by atoms with Crippen LogP contribution in [0.5, 0.6) is 11.5 Å². The van der Waals surface area contributed by atoms with Gasteiger partial charge in [0.15, 0.2) is 0 Å². The highest BCUT2D eigenvalue weighted by molar-refractivity contribution is 6.00. The molecule has 3 N–H and O–H groups in total. The highest BCUT2D eigenvalue weighted by Gasteiger charge is 2.20. The van der Waals surface area contributed by atoms with Crippen molar-refractivity contribution in [2.45, 2.75) is 0 Å². The van der Waals surface area contributed by atoms with Crippen molar-refractivity contribution >= 4 is 11.6 Å². The zero-order valence-corrected chi connectivity index (χ0v) is 12.7. The minimum absolute atomic E-state index is 0.255. The summed E-state index contributed by atoms with van der Waals surface area (Å²) >= 11 is 0. The summed E-state index contributed by atoms with van der Waals surface area (Å²) in [7, 11) is 5.10. The van der Waals surface area contributed by atoms with Crippen LogP contribution in [0, 0.1) is 0 Å². The minimum Gasteiger partial charge on any atom is -0.497 e. The number of amides is 1. The first kappa shape index (κ1) is 15.4. The molecule has 1 aromatic rings. The Labute approximate surface area is 124 Å². The molecule has 1 aliphatic rings. The maximum atomic E-state index is 12.4. The van der Waals surface area contributed by atoms with Crippen LogP contribution in [0.15, 0.2) is 12.1 Å². The molecule has 0 radical (unpaired) electrons. The third-order valence-electron chi connectivity index (χ3n) is 3.58. The Morgan fingerprint density at radius 3 is 2.43 bits per heavy atom. The summed E-state index contributed by atoms with van der Waals surface area (Å²) in [6.07, 6.45) is 0. The van der Waals surface area contributed by atoms with E-state index in [9.17, 15) is 4.79 Å². The zero-order valence-electron chi connectivity index (χ0n) is 12.7. The van der Waals surface area contributed by atoms with Gasteiger partial charge in [-0.3, -0.25) is 10.2 Å². The molecule has 1 heterocycles. The maximum Gasteiger partial charge on any atom is 0.267 e. The molecule has 1 amide bonds. The lowest BCUT2D eigenvalue weighted by atomic mass is 10.1. The number of piperazine rings is 1. The van der Waals surface area contributed by atoms with E-state index < -0.39 is 0 Å². The van der Waals surface area contributed by atoms with E-state index in [1.807, 2.05) is 5.01 Å². The first-order valence-corrected chi connectivity index (χ1v) is 6.81. The standard InChI is InChI=1S/C14H22N4O3/c1-17-4-6-18(7-5-17)16-14(19)11-8-10(20-2)9-12(21-3)13(11)15/h8-9H,4-7,15H2,1-3H3,(H,16,19). The highest BCUT2D eigenvalue weighted by Crippen LogP contribution is 2.30. The van der Waals surface area contributed by atoms with Crippen LogP contribution in [0.2, 0.25) is 0 Å². The predicted octanol–water partition coefficient (Wildman–Crippen LogP) is 0.178. The number of anilines is 1. The van der Waals surface area contributed by atoms with Crippen molar-refractivity contribution in [3.63, 3.8) is 0 Å². The van der Waals surface area contributed by atoms with Crippen molar-refractivity contribution in [1.29, 1.82) is 0 Å². The van der Waals surface area contributed by atoms with Gasteiger partial charge in [0.05, 0.1) is 25.5 Å². The molecule has 0 spiro atoms. The SMILES string of the molecule is COc1cc(OC)c(N)c(C(=O)NN2CCN(C)CC2)c1. The molecule has 0 unspecified atom stereocenters. The number of hydrogen-bond acceptors (Lipinski definition) is 6. The van der Waals surface area contributed by atoms with Crippen LogP contribution in [-0.2, 0) is 0 Å². The number of nitrogens with zero attached hydrogens (tertiary/aromatic N) is 2. The van der Waals surface area contributed by atoms with Gasteiger partial charge >= 0.3 is 0 Å². The molecule has 0 saturated carbocycles. The van der Waals surface area contributed by atoms with Crippen molar-refractivity contribution in [2.24, 2.45) is 0 Å². The first-order valence-electron chi connectivity index (χ1n) is 6.81. The van der Waals surface area contributed by atoms with E-state index >= 15 is 0 Å². The van der Waals surface area contributed by atoms with Gasteiger partial charge in [-0.1, -0.05) is 0 Å². The van der Waals surface area contributed by atoms with Gasteiger partial charge in [-0.25, -0.2) is 5.01 Å². The summed E-state index contributed by atoms with van der Waals surface area (Å²) in [5, 5.41) is 1.90. The van der Waals surface area contributed by atoms with Crippen molar-refractivity contribution in [3.05, 3.63) is 17.7 Å². The zero-order chi connectivity index (χ0) is 15.4. The Hall–Kier alpha value is -1.99. The Kier molecular flexibility index (Phi) is 4.87. The van der Waals surface area contributed by atoms with Crippen LogP contribution in [0.3, 0.4) is 0 Å². The molecule has 0 atom stereocenters. The number of rotatable bonds is 4. The monoisotopic (exact) mass is 294 g/mol. The summed E-state index contributed by atoms with van der Waals surface area (Å²) < 4.78 is 10.3. The first-order chi connectivity index (χ1) is 10.0. The lowest BCUT2D eigenvalue weighted by Gasteiger charge is -2.32. The smallest absolute Gasteiger partial charge is 0.267 e. The summed E-state index contributed by atoms with van der Waals surface area (Å²) in [5.41, 5.74) is 9.52. The van der Waals surface area contributed by atoms with Gasteiger partial charge < -0.3 is 20.1 Å². The number of likely N-dealkylation sites (N-methyl/N-ethyl adjacent to an activating group) is 1.